The highest BCUT2D eigenvalue weighted by molar-refractivity contribution is 5.88. The van der Waals surface area contributed by atoms with E-state index in [0.717, 1.165) is 22.2 Å². The maximum Gasteiger partial charge on any atom is 0.190 e. The SMILES string of the molecule is COc1ccc2ncc(N(C)C)c([C@@H](O)CCC3(CO)CCN(CCOc4c(F)cc(F)cc4F)CC3)c2c1. The molecule has 0 saturated carbocycles. The van der Waals surface area contributed by atoms with Crippen molar-refractivity contribution in [1.82, 2.24) is 9.88 Å². The van der Waals surface area contributed by atoms with Gasteiger partial charge in [-0.1, -0.05) is 0 Å². The van der Waals surface area contributed by atoms with Gasteiger partial charge in [-0.05, 0) is 62.4 Å². The Balaban J connectivity index is 1.38. The summed E-state index contributed by atoms with van der Waals surface area (Å²) in [7, 11) is 5.42. The van der Waals surface area contributed by atoms with Crippen molar-refractivity contribution in [1.29, 1.82) is 0 Å². The zero-order valence-corrected chi connectivity index (χ0v) is 22.6. The van der Waals surface area contributed by atoms with Gasteiger partial charge in [0.15, 0.2) is 17.4 Å². The van der Waals surface area contributed by atoms with Crippen LogP contribution in [0, 0.1) is 22.9 Å². The normalized spacial score (nSPS) is 16.3. The molecule has 2 N–H and O–H groups in total. The number of halogens is 3. The zero-order valence-electron chi connectivity index (χ0n) is 22.6. The third-order valence-electron chi connectivity index (χ3n) is 7.73. The van der Waals surface area contributed by atoms with Crippen LogP contribution in [0.3, 0.4) is 0 Å². The summed E-state index contributed by atoms with van der Waals surface area (Å²) in [4.78, 5) is 8.58. The second-order valence-corrected chi connectivity index (χ2v) is 10.4. The molecule has 7 nitrogen and oxygen atoms in total. The van der Waals surface area contributed by atoms with E-state index in [1.807, 2.05) is 37.2 Å². The van der Waals surface area contributed by atoms with Crippen molar-refractivity contribution >= 4 is 16.6 Å². The van der Waals surface area contributed by atoms with Crippen molar-refractivity contribution < 1.29 is 32.9 Å². The lowest BCUT2D eigenvalue weighted by atomic mass is 9.74. The number of aliphatic hydroxyl groups excluding tert-OH is 2. The Hall–Kier alpha value is -3.08. The van der Waals surface area contributed by atoms with Gasteiger partial charge in [-0.25, -0.2) is 13.2 Å². The Kier molecular flexibility index (Phi) is 9.19. The second-order valence-electron chi connectivity index (χ2n) is 10.4. The Morgan fingerprint density at radius 2 is 1.79 bits per heavy atom. The first-order chi connectivity index (χ1) is 18.7. The summed E-state index contributed by atoms with van der Waals surface area (Å²) in [5, 5.41) is 22.6. The predicted octanol–water partition coefficient (Wildman–Crippen LogP) is 4.69. The van der Waals surface area contributed by atoms with Gasteiger partial charge in [-0.15, -0.1) is 0 Å². The van der Waals surface area contributed by atoms with Crippen molar-refractivity contribution in [2.75, 3.05) is 59.0 Å². The molecule has 1 fully saturated rings. The molecule has 0 spiro atoms. The fourth-order valence-corrected chi connectivity index (χ4v) is 5.28. The van der Waals surface area contributed by atoms with E-state index in [1.165, 1.54) is 0 Å². The number of pyridine rings is 1. The fraction of sp³-hybridized carbons (Fsp3) is 0.483. The molecule has 1 saturated heterocycles. The molecule has 10 heteroatoms. The van der Waals surface area contributed by atoms with E-state index in [0.29, 0.717) is 63.2 Å². The Morgan fingerprint density at radius 1 is 1.10 bits per heavy atom. The Bertz CT molecular complexity index is 1260. The maximum atomic E-state index is 13.8. The molecule has 0 unspecified atom stereocenters. The number of aliphatic hydroxyl groups is 2. The molecule has 0 amide bonds. The zero-order chi connectivity index (χ0) is 28.2. The van der Waals surface area contributed by atoms with Crippen LogP contribution in [-0.4, -0.2) is 74.2 Å². The molecule has 39 heavy (non-hydrogen) atoms. The second kappa shape index (κ2) is 12.4. The van der Waals surface area contributed by atoms with Crippen LogP contribution in [0.15, 0.2) is 36.5 Å². The first-order valence-corrected chi connectivity index (χ1v) is 13.1. The topological polar surface area (TPSA) is 78.3 Å². The van der Waals surface area contributed by atoms with Gasteiger partial charge >= 0.3 is 0 Å². The average Bonchev–Trinajstić information content (AvgIpc) is 2.92. The molecule has 2 heterocycles. The summed E-state index contributed by atoms with van der Waals surface area (Å²) in [5.41, 5.74) is 2.03. The van der Waals surface area contributed by atoms with Gasteiger partial charge in [0.05, 0.1) is 30.6 Å². The van der Waals surface area contributed by atoms with Gasteiger partial charge in [0.2, 0.25) is 0 Å². The summed E-state index contributed by atoms with van der Waals surface area (Å²) in [6.45, 7) is 1.84. The summed E-state index contributed by atoms with van der Waals surface area (Å²) in [6, 6.07) is 6.79. The van der Waals surface area contributed by atoms with E-state index >= 15 is 0 Å². The van der Waals surface area contributed by atoms with Gasteiger partial charge in [-0.2, -0.15) is 0 Å². The molecule has 1 aliphatic rings. The number of ether oxygens (including phenoxy) is 2. The quantitative estimate of drug-likeness (QED) is 0.361. The van der Waals surface area contributed by atoms with E-state index in [2.05, 4.69) is 9.88 Å². The van der Waals surface area contributed by atoms with Crippen LogP contribution in [0.5, 0.6) is 11.5 Å². The molecule has 4 rings (SSSR count). The smallest absolute Gasteiger partial charge is 0.190 e. The predicted molar refractivity (Wildman–Crippen MR) is 144 cm³/mol. The highest BCUT2D eigenvalue weighted by Crippen LogP contribution is 2.41. The number of anilines is 1. The number of hydrogen-bond acceptors (Lipinski definition) is 7. The molecular formula is C29H36F3N3O4. The molecule has 1 aromatic heterocycles. The first kappa shape index (κ1) is 28.9. The van der Waals surface area contributed by atoms with Crippen LogP contribution < -0.4 is 14.4 Å². The lowest BCUT2D eigenvalue weighted by Gasteiger charge is -2.41. The number of aromatic nitrogens is 1. The van der Waals surface area contributed by atoms with Gasteiger partial charge in [0, 0.05) is 50.3 Å². The Labute approximate surface area is 226 Å². The summed E-state index contributed by atoms with van der Waals surface area (Å²) >= 11 is 0. The summed E-state index contributed by atoms with van der Waals surface area (Å²) in [6.07, 6.45) is 3.50. The standard InChI is InChI=1S/C29H36F3N3O4/c1-34(2)25-17-33-24-5-4-20(38-3)16-21(24)27(25)26(37)6-7-29(18-36)8-10-35(11-9-29)12-13-39-28-22(31)14-19(30)15-23(28)32/h4-5,14-17,26,36-37H,6-13,18H2,1-3H3/t26-/m0/s1. The first-order valence-electron chi connectivity index (χ1n) is 13.1. The van der Waals surface area contributed by atoms with Crippen LogP contribution in [0.25, 0.3) is 10.9 Å². The molecule has 212 valence electrons. The van der Waals surface area contributed by atoms with Gasteiger partial charge in [-0.3, -0.25) is 9.88 Å². The third kappa shape index (κ3) is 6.57. The largest absolute Gasteiger partial charge is 0.497 e. The molecule has 3 aromatic rings. The molecule has 0 radical (unpaired) electrons. The number of rotatable bonds is 11. The van der Waals surface area contributed by atoms with Crippen molar-refractivity contribution in [3.63, 3.8) is 0 Å². The number of nitrogens with zero attached hydrogens (tertiary/aromatic N) is 3. The number of hydrogen-bond donors (Lipinski definition) is 2. The van der Waals surface area contributed by atoms with Gasteiger partial charge in [0.25, 0.3) is 0 Å². The molecule has 0 aliphatic carbocycles. The summed E-state index contributed by atoms with van der Waals surface area (Å²) < 4.78 is 51.4. The van der Waals surface area contributed by atoms with Crippen LogP contribution in [-0.2, 0) is 0 Å². The van der Waals surface area contributed by atoms with Gasteiger partial charge in [0.1, 0.15) is 18.2 Å². The highest BCUT2D eigenvalue weighted by Gasteiger charge is 2.35. The number of benzene rings is 2. The Morgan fingerprint density at radius 3 is 2.41 bits per heavy atom. The number of piperidine rings is 1. The fourth-order valence-electron chi connectivity index (χ4n) is 5.28. The van der Waals surface area contributed by atoms with Crippen molar-refractivity contribution in [3.8, 4) is 11.5 Å². The molecule has 2 aromatic carbocycles. The van der Waals surface area contributed by atoms with Crippen LogP contribution in [0.1, 0.15) is 37.4 Å². The minimum Gasteiger partial charge on any atom is -0.497 e. The maximum absolute atomic E-state index is 13.8. The van der Waals surface area contributed by atoms with Crippen LogP contribution >= 0.6 is 0 Å². The minimum atomic E-state index is -1.07. The molecule has 0 bridgehead atoms. The van der Waals surface area contributed by atoms with Crippen molar-refractivity contribution in [2.45, 2.75) is 31.8 Å². The van der Waals surface area contributed by atoms with E-state index < -0.39 is 29.3 Å². The molecule has 1 aliphatic heterocycles. The molecule has 1 atom stereocenters. The number of likely N-dealkylation sites (tertiary alicyclic amines) is 1. The van der Waals surface area contributed by atoms with Gasteiger partial charge < -0.3 is 24.6 Å². The summed E-state index contributed by atoms with van der Waals surface area (Å²) in [5.74, 6) is -3.02. The minimum absolute atomic E-state index is 0.00150. The van der Waals surface area contributed by atoms with Crippen LogP contribution in [0.2, 0.25) is 0 Å². The lowest BCUT2D eigenvalue weighted by Crippen LogP contribution is -2.43. The number of methoxy groups -OCH3 is 1. The van der Waals surface area contributed by atoms with E-state index in [4.69, 9.17) is 9.47 Å². The van der Waals surface area contributed by atoms with E-state index in [9.17, 15) is 23.4 Å². The highest BCUT2D eigenvalue weighted by atomic mass is 19.1. The number of fused-ring (bicyclic) bond motifs is 1. The monoisotopic (exact) mass is 547 g/mol. The third-order valence-corrected chi connectivity index (χ3v) is 7.73. The lowest BCUT2D eigenvalue weighted by molar-refractivity contribution is 0.0203. The van der Waals surface area contributed by atoms with E-state index in [-0.39, 0.29) is 18.6 Å². The average molecular weight is 548 g/mol. The van der Waals surface area contributed by atoms with Crippen molar-refractivity contribution in [2.24, 2.45) is 5.41 Å². The van der Waals surface area contributed by atoms with Crippen LogP contribution in [0.4, 0.5) is 18.9 Å². The van der Waals surface area contributed by atoms with Crippen molar-refractivity contribution in [3.05, 3.63) is 59.5 Å². The molecular weight excluding hydrogens is 511 g/mol. The van der Waals surface area contributed by atoms with E-state index in [1.54, 1.807) is 13.3 Å².